The molecular formula is C10H24. The fraction of sp³-hybridized carbons (Fsp3) is 0.800. The number of rotatable bonds is 2. The Bertz CT molecular complexity index is 29.3. The Kier molecular flexibility index (Phi) is 61.3. The monoisotopic (exact) mass is 144 g/mol. The van der Waals surface area contributed by atoms with Crippen LogP contribution in [0.4, 0.5) is 0 Å². The van der Waals surface area contributed by atoms with E-state index in [-0.39, 0.29) is 0 Å². The lowest BCUT2D eigenvalue weighted by atomic mass is 10.4. The Morgan fingerprint density at radius 2 is 0.900 bits per heavy atom. The highest BCUT2D eigenvalue weighted by Crippen LogP contribution is 1.81. The lowest BCUT2D eigenvalue weighted by Gasteiger charge is -1.72. The zero-order chi connectivity index (χ0) is 8.83. The minimum absolute atomic E-state index is 1.17. The second-order valence-corrected chi connectivity index (χ2v) is 1.29. The van der Waals surface area contributed by atoms with Gasteiger partial charge in [0, 0.05) is 0 Å². The van der Waals surface area contributed by atoms with Gasteiger partial charge in [0.2, 0.25) is 0 Å². The summed E-state index contributed by atoms with van der Waals surface area (Å²) in [7, 11) is 0. The second-order valence-electron chi connectivity index (χ2n) is 1.29. The molecule has 0 spiro atoms. The van der Waals surface area contributed by atoms with Crippen LogP contribution in [0.25, 0.3) is 0 Å². The van der Waals surface area contributed by atoms with E-state index in [0.29, 0.717) is 0 Å². The summed E-state index contributed by atoms with van der Waals surface area (Å²) in [5.41, 5.74) is 0. The largest absolute Gasteiger partial charge is 0.0888 e. The molecule has 0 rings (SSSR count). The second kappa shape index (κ2) is 37.4. The van der Waals surface area contributed by atoms with Crippen LogP contribution in [0, 0.1) is 0 Å². The van der Waals surface area contributed by atoms with E-state index in [4.69, 9.17) is 0 Å². The van der Waals surface area contributed by atoms with Crippen LogP contribution < -0.4 is 0 Å². The molecule has 0 fully saturated rings. The topological polar surface area (TPSA) is 0 Å². The van der Waals surface area contributed by atoms with Crippen molar-refractivity contribution >= 4 is 0 Å². The molecule has 10 heavy (non-hydrogen) atoms. The molecule has 0 radical (unpaired) electrons. The fourth-order valence-corrected chi connectivity index (χ4v) is 0.333. The van der Waals surface area contributed by atoms with E-state index in [1.807, 2.05) is 27.7 Å². The molecular weight excluding hydrogens is 120 g/mol. The average molecular weight is 144 g/mol. The van der Waals surface area contributed by atoms with Crippen LogP contribution in [0.2, 0.25) is 0 Å². The van der Waals surface area contributed by atoms with Gasteiger partial charge in [-0.1, -0.05) is 53.7 Å². The van der Waals surface area contributed by atoms with Crippen LogP contribution in [-0.2, 0) is 0 Å². The Balaban J connectivity index is -0.000000105. The molecule has 0 aromatic carbocycles. The molecule has 0 unspecified atom stereocenters. The minimum atomic E-state index is 1.17. The summed E-state index contributed by atoms with van der Waals surface area (Å²) in [6, 6.07) is 0. The van der Waals surface area contributed by atoms with Crippen molar-refractivity contribution in [2.75, 3.05) is 0 Å². The maximum Gasteiger partial charge on any atom is -0.0379 e. The summed E-state index contributed by atoms with van der Waals surface area (Å²) in [4.78, 5) is 0. The SMILES string of the molecule is CC.CC.CC/C=C\CC. The predicted molar refractivity (Wildman–Crippen MR) is 52.4 cm³/mol. The van der Waals surface area contributed by atoms with Gasteiger partial charge in [-0.05, 0) is 12.8 Å². The van der Waals surface area contributed by atoms with E-state index >= 15 is 0 Å². The highest BCUT2D eigenvalue weighted by atomic mass is 13.7. The molecule has 0 heteroatoms. The van der Waals surface area contributed by atoms with Gasteiger partial charge in [0.1, 0.15) is 0 Å². The van der Waals surface area contributed by atoms with E-state index in [2.05, 4.69) is 26.0 Å². The lowest BCUT2D eigenvalue weighted by Crippen LogP contribution is -1.51. The third-order valence-electron chi connectivity index (χ3n) is 0.638. The Hall–Kier alpha value is -0.260. The van der Waals surface area contributed by atoms with Crippen LogP contribution in [0.15, 0.2) is 12.2 Å². The summed E-state index contributed by atoms with van der Waals surface area (Å²) in [5.74, 6) is 0. The smallest absolute Gasteiger partial charge is 0.0379 e. The average Bonchev–Trinajstić information content (AvgIpc) is 2.08. The number of hydrogen-bond donors (Lipinski definition) is 0. The first-order valence-corrected chi connectivity index (χ1v) is 4.56. The summed E-state index contributed by atoms with van der Waals surface area (Å²) in [5, 5.41) is 0. The van der Waals surface area contributed by atoms with Crippen molar-refractivity contribution < 1.29 is 0 Å². The van der Waals surface area contributed by atoms with Gasteiger partial charge in [-0.15, -0.1) is 0 Å². The van der Waals surface area contributed by atoms with Gasteiger partial charge >= 0.3 is 0 Å². The van der Waals surface area contributed by atoms with Crippen LogP contribution in [0.1, 0.15) is 54.4 Å². The maximum atomic E-state index is 2.18. The highest BCUT2D eigenvalue weighted by Gasteiger charge is 1.60. The molecule has 0 N–H and O–H groups in total. The lowest BCUT2D eigenvalue weighted by molar-refractivity contribution is 1.16. The third-order valence-corrected chi connectivity index (χ3v) is 0.638. The Labute approximate surface area is 67.3 Å². The van der Waals surface area contributed by atoms with Crippen molar-refractivity contribution in [3.8, 4) is 0 Å². The first-order chi connectivity index (χ1) is 4.91. The van der Waals surface area contributed by atoms with E-state index in [0.717, 1.165) is 0 Å². The summed E-state index contributed by atoms with van der Waals surface area (Å²) >= 11 is 0. The van der Waals surface area contributed by atoms with Crippen molar-refractivity contribution in [3.05, 3.63) is 12.2 Å². The van der Waals surface area contributed by atoms with Gasteiger partial charge in [-0.25, -0.2) is 0 Å². The molecule has 64 valence electrons. The van der Waals surface area contributed by atoms with Crippen molar-refractivity contribution in [2.45, 2.75) is 54.4 Å². The Morgan fingerprint density at radius 3 is 1.00 bits per heavy atom. The van der Waals surface area contributed by atoms with E-state index in [1.165, 1.54) is 12.8 Å². The normalized spacial score (nSPS) is 7.40. The summed E-state index contributed by atoms with van der Waals surface area (Å²) in [6.07, 6.45) is 6.71. The van der Waals surface area contributed by atoms with Crippen molar-refractivity contribution in [3.63, 3.8) is 0 Å². The maximum absolute atomic E-state index is 2.18. The Morgan fingerprint density at radius 1 is 0.700 bits per heavy atom. The predicted octanol–water partition coefficient (Wildman–Crippen LogP) is 4.42. The van der Waals surface area contributed by atoms with Crippen molar-refractivity contribution in [1.29, 1.82) is 0 Å². The van der Waals surface area contributed by atoms with Crippen LogP contribution in [-0.4, -0.2) is 0 Å². The van der Waals surface area contributed by atoms with Gasteiger partial charge in [-0.2, -0.15) is 0 Å². The van der Waals surface area contributed by atoms with Gasteiger partial charge < -0.3 is 0 Å². The van der Waals surface area contributed by atoms with Crippen molar-refractivity contribution in [2.24, 2.45) is 0 Å². The van der Waals surface area contributed by atoms with E-state index < -0.39 is 0 Å². The molecule has 0 heterocycles. The van der Waals surface area contributed by atoms with Gasteiger partial charge in [-0.3, -0.25) is 0 Å². The molecule has 0 atom stereocenters. The van der Waals surface area contributed by atoms with Gasteiger partial charge in [0.15, 0.2) is 0 Å². The first kappa shape index (κ1) is 16.4. The van der Waals surface area contributed by atoms with E-state index in [9.17, 15) is 0 Å². The molecule has 0 aliphatic carbocycles. The third kappa shape index (κ3) is 46.8. The molecule has 0 amide bonds. The zero-order valence-corrected chi connectivity index (χ0v) is 8.57. The molecule has 0 aliphatic rings. The molecule has 0 saturated heterocycles. The van der Waals surface area contributed by atoms with Gasteiger partial charge in [0.05, 0.1) is 0 Å². The molecule has 0 bridgehead atoms. The van der Waals surface area contributed by atoms with Gasteiger partial charge in [0.25, 0.3) is 0 Å². The fourth-order valence-electron chi connectivity index (χ4n) is 0.333. The molecule has 0 aromatic heterocycles. The number of allylic oxidation sites excluding steroid dienone is 2. The van der Waals surface area contributed by atoms with Crippen LogP contribution in [0.5, 0.6) is 0 Å². The van der Waals surface area contributed by atoms with E-state index in [1.54, 1.807) is 0 Å². The first-order valence-electron chi connectivity index (χ1n) is 4.56. The number of hydrogen-bond acceptors (Lipinski definition) is 0. The molecule has 0 aromatic rings. The summed E-state index contributed by atoms with van der Waals surface area (Å²) in [6.45, 7) is 12.3. The molecule has 0 saturated carbocycles. The molecule has 0 aliphatic heterocycles. The quantitative estimate of drug-likeness (QED) is 0.503. The molecule has 0 nitrogen and oxygen atoms in total. The van der Waals surface area contributed by atoms with Crippen molar-refractivity contribution in [1.82, 2.24) is 0 Å². The van der Waals surface area contributed by atoms with Crippen LogP contribution >= 0.6 is 0 Å². The summed E-state index contributed by atoms with van der Waals surface area (Å²) < 4.78 is 0. The minimum Gasteiger partial charge on any atom is -0.0888 e. The van der Waals surface area contributed by atoms with Crippen LogP contribution in [0.3, 0.4) is 0 Å². The zero-order valence-electron chi connectivity index (χ0n) is 8.57. The standard InChI is InChI=1S/C6H12.2C2H6/c1-3-5-6-4-2;2*1-2/h5-6H,3-4H2,1-2H3;2*1-2H3/b6-5-;;. The highest BCUT2D eigenvalue weighted by molar-refractivity contribution is 4.77.